The molecule has 3 N–H and O–H groups in total. The number of amides is 1. The number of fused-ring (bicyclic) bond motifs is 1. The van der Waals surface area contributed by atoms with Crippen LogP contribution in [-0.2, 0) is 17.8 Å². The zero-order valence-corrected chi connectivity index (χ0v) is 12.6. The van der Waals surface area contributed by atoms with Gasteiger partial charge in [-0.15, -0.1) is 0 Å². The third-order valence-corrected chi connectivity index (χ3v) is 4.80. The number of aliphatic hydroxyl groups is 1. The molecule has 0 spiro atoms. The minimum absolute atomic E-state index is 0.0612. The second-order valence-corrected chi connectivity index (χ2v) is 6.40. The first kappa shape index (κ1) is 14.5. The van der Waals surface area contributed by atoms with Gasteiger partial charge in [-0.25, -0.2) is 0 Å². The average molecular weight is 292 g/mol. The molecule has 2 atom stereocenters. The second kappa shape index (κ2) is 5.77. The maximum Gasteiger partial charge on any atom is 0.227 e. The molecule has 1 aromatic rings. The molecule has 0 bridgehead atoms. The van der Waals surface area contributed by atoms with Crippen molar-refractivity contribution in [3.8, 4) is 0 Å². The number of carbonyl (C=O) groups excluding carboxylic acids is 1. The van der Waals surface area contributed by atoms with E-state index in [2.05, 4.69) is 15.7 Å². The largest absolute Gasteiger partial charge is 0.394 e. The highest BCUT2D eigenvalue weighted by Crippen LogP contribution is 2.32. The van der Waals surface area contributed by atoms with Crippen LogP contribution < -0.4 is 10.6 Å². The first-order chi connectivity index (χ1) is 10.1. The van der Waals surface area contributed by atoms with Gasteiger partial charge >= 0.3 is 0 Å². The summed E-state index contributed by atoms with van der Waals surface area (Å²) >= 11 is 0. The maximum atomic E-state index is 12.6. The summed E-state index contributed by atoms with van der Waals surface area (Å²) in [5, 5.41) is 19.9. The molecule has 0 aromatic carbocycles. The van der Waals surface area contributed by atoms with Crippen molar-refractivity contribution in [2.45, 2.75) is 45.2 Å². The van der Waals surface area contributed by atoms with Crippen molar-refractivity contribution in [2.24, 2.45) is 5.41 Å². The fraction of sp³-hybridized carbons (Fsp3) is 0.733. The third-order valence-electron chi connectivity index (χ3n) is 4.80. The fourth-order valence-electron chi connectivity index (χ4n) is 3.40. The van der Waals surface area contributed by atoms with Crippen LogP contribution in [-0.4, -0.2) is 40.5 Å². The predicted octanol–water partition coefficient (Wildman–Crippen LogP) is 0.369. The molecule has 116 valence electrons. The minimum atomic E-state index is -0.293. The molecule has 2 unspecified atom stereocenters. The molecule has 0 radical (unpaired) electrons. The Hall–Kier alpha value is -1.40. The van der Waals surface area contributed by atoms with Crippen molar-refractivity contribution < 1.29 is 9.90 Å². The SMILES string of the molecule is CC1(C(=O)NC2CCCc3c2cnn3CCO)CCNC1. The van der Waals surface area contributed by atoms with E-state index in [1.807, 2.05) is 17.8 Å². The Kier molecular flexibility index (Phi) is 3.99. The number of rotatable bonds is 4. The summed E-state index contributed by atoms with van der Waals surface area (Å²) in [6, 6.07) is 0.0612. The number of carbonyl (C=O) groups is 1. The number of hydrogen-bond acceptors (Lipinski definition) is 4. The van der Waals surface area contributed by atoms with Crippen molar-refractivity contribution in [1.82, 2.24) is 20.4 Å². The summed E-state index contributed by atoms with van der Waals surface area (Å²) in [6.45, 7) is 4.31. The van der Waals surface area contributed by atoms with Crippen LogP contribution in [0.5, 0.6) is 0 Å². The summed E-state index contributed by atoms with van der Waals surface area (Å²) in [7, 11) is 0. The van der Waals surface area contributed by atoms with Gasteiger partial charge in [0.15, 0.2) is 0 Å². The summed E-state index contributed by atoms with van der Waals surface area (Å²) in [5.74, 6) is 0.139. The van der Waals surface area contributed by atoms with Crippen LogP contribution in [0, 0.1) is 5.41 Å². The molecule has 1 saturated heterocycles. The Morgan fingerprint density at radius 3 is 3.24 bits per heavy atom. The molecule has 1 aliphatic carbocycles. The number of aliphatic hydroxyl groups excluding tert-OH is 1. The normalized spacial score (nSPS) is 28.4. The molecule has 6 nitrogen and oxygen atoms in total. The van der Waals surface area contributed by atoms with Gasteiger partial charge in [0.05, 0.1) is 30.8 Å². The third kappa shape index (κ3) is 2.70. The number of nitrogens with zero attached hydrogens (tertiary/aromatic N) is 2. The highest BCUT2D eigenvalue weighted by atomic mass is 16.3. The van der Waals surface area contributed by atoms with E-state index in [4.69, 9.17) is 5.11 Å². The van der Waals surface area contributed by atoms with Crippen molar-refractivity contribution in [2.75, 3.05) is 19.7 Å². The van der Waals surface area contributed by atoms with Crippen molar-refractivity contribution in [3.05, 3.63) is 17.5 Å². The van der Waals surface area contributed by atoms with Gasteiger partial charge in [-0.3, -0.25) is 9.48 Å². The van der Waals surface area contributed by atoms with Crippen LogP contribution >= 0.6 is 0 Å². The first-order valence-electron chi connectivity index (χ1n) is 7.81. The number of nitrogens with one attached hydrogen (secondary N) is 2. The quantitative estimate of drug-likeness (QED) is 0.749. The number of hydrogen-bond donors (Lipinski definition) is 3. The van der Waals surface area contributed by atoms with Gasteiger partial charge in [-0.05, 0) is 39.2 Å². The standard InChI is InChI=1S/C15H24N4O2/c1-15(5-6-16-10-15)14(21)18-12-3-2-4-13-11(12)9-17-19(13)7-8-20/h9,12,16,20H,2-8,10H2,1H3,(H,18,21). The molecule has 1 aliphatic heterocycles. The van der Waals surface area contributed by atoms with Crippen molar-refractivity contribution in [1.29, 1.82) is 0 Å². The Morgan fingerprint density at radius 2 is 2.52 bits per heavy atom. The van der Waals surface area contributed by atoms with Crippen LogP contribution in [0.2, 0.25) is 0 Å². The van der Waals surface area contributed by atoms with E-state index in [-0.39, 0.29) is 24.0 Å². The van der Waals surface area contributed by atoms with E-state index in [0.717, 1.165) is 50.0 Å². The zero-order valence-electron chi connectivity index (χ0n) is 12.6. The van der Waals surface area contributed by atoms with Crippen molar-refractivity contribution in [3.63, 3.8) is 0 Å². The Labute approximate surface area is 124 Å². The van der Waals surface area contributed by atoms with Crippen molar-refractivity contribution >= 4 is 5.91 Å². The van der Waals surface area contributed by atoms with E-state index < -0.39 is 0 Å². The van der Waals surface area contributed by atoms with E-state index in [1.165, 1.54) is 0 Å². The summed E-state index contributed by atoms with van der Waals surface area (Å²) in [5.41, 5.74) is 1.99. The molecule has 2 heterocycles. The summed E-state index contributed by atoms with van der Waals surface area (Å²) in [6.07, 6.45) is 5.73. The Bertz CT molecular complexity index is 520. The molecule has 1 amide bonds. The summed E-state index contributed by atoms with van der Waals surface area (Å²) < 4.78 is 1.87. The Morgan fingerprint density at radius 1 is 1.67 bits per heavy atom. The van der Waals surface area contributed by atoms with Gasteiger partial charge in [-0.2, -0.15) is 5.10 Å². The lowest BCUT2D eigenvalue weighted by molar-refractivity contribution is -0.130. The lowest BCUT2D eigenvalue weighted by Crippen LogP contribution is -2.42. The highest BCUT2D eigenvalue weighted by molar-refractivity contribution is 5.83. The zero-order chi connectivity index (χ0) is 14.9. The van der Waals surface area contributed by atoms with Crippen LogP contribution in [0.1, 0.15) is 43.5 Å². The van der Waals surface area contributed by atoms with Gasteiger partial charge in [0, 0.05) is 17.8 Å². The molecule has 2 aliphatic rings. The minimum Gasteiger partial charge on any atom is -0.394 e. The first-order valence-corrected chi connectivity index (χ1v) is 7.81. The van der Waals surface area contributed by atoms with Gasteiger partial charge in [0.2, 0.25) is 5.91 Å². The highest BCUT2D eigenvalue weighted by Gasteiger charge is 2.38. The van der Waals surface area contributed by atoms with E-state index in [0.29, 0.717) is 6.54 Å². The van der Waals surface area contributed by atoms with Crippen LogP contribution in [0.4, 0.5) is 0 Å². The topological polar surface area (TPSA) is 79.2 Å². The lowest BCUT2D eigenvalue weighted by Gasteiger charge is -2.29. The van der Waals surface area contributed by atoms with Gasteiger partial charge < -0.3 is 15.7 Å². The molecular formula is C15H24N4O2. The number of aromatic nitrogens is 2. The molecule has 1 aromatic heterocycles. The smallest absolute Gasteiger partial charge is 0.227 e. The maximum absolute atomic E-state index is 12.6. The molecule has 1 fully saturated rings. The summed E-state index contributed by atoms with van der Waals surface area (Å²) in [4.78, 5) is 12.6. The van der Waals surface area contributed by atoms with E-state index >= 15 is 0 Å². The van der Waals surface area contributed by atoms with Crippen LogP contribution in [0.25, 0.3) is 0 Å². The molecule has 6 heteroatoms. The average Bonchev–Trinajstić information content (AvgIpc) is 3.08. The van der Waals surface area contributed by atoms with E-state index in [9.17, 15) is 4.79 Å². The lowest BCUT2D eigenvalue weighted by atomic mass is 9.86. The predicted molar refractivity (Wildman–Crippen MR) is 78.7 cm³/mol. The monoisotopic (exact) mass is 292 g/mol. The van der Waals surface area contributed by atoms with E-state index in [1.54, 1.807) is 0 Å². The molecule has 0 saturated carbocycles. The van der Waals surface area contributed by atoms with Crippen LogP contribution in [0.3, 0.4) is 0 Å². The molecular weight excluding hydrogens is 268 g/mol. The molecule has 3 rings (SSSR count). The van der Waals surface area contributed by atoms with Gasteiger partial charge in [0.1, 0.15) is 0 Å². The van der Waals surface area contributed by atoms with Crippen LogP contribution in [0.15, 0.2) is 6.20 Å². The Balaban J connectivity index is 1.75. The second-order valence-electron chi connectivity index (χ2n) is 6.40. The van der Waals surface area contributed by atoms with Gasteiger partial charge in [0.25, 0.3) is 0 Å². The molecule has 21 heavy (non-hydrogen) atoms. The fourth-order valence-corrected chi connectivity index (χ4v) is 3.40. The van der Waals surface area contributed by atoms with Gasteiger partial charge in [-0.1, -0.05) is 0 Å².